The fourth-order valence-corrected chi connectivity index (χ4v) is 4.25. The second-order valence-electron chi connectivity index (χ2n) is 9.03. The number of piperazine rings is 1. The largest absolute Gasteiger partial charge is 0.378 e. The van der Waals surface area contributed by atoms with Gasteiger partial charge in [0.25, 0.3) is 5.91 Å². The van der Waals surface area contributed by atoms with Crippen LogP contribution in [0.1, 0.15) is 31.8 Å². The highest BCUT2D eigenvalue weighted by molar-refractivity contribution is 6.09. The van der Waals surface area contributed by atoms with E-state index in [1.54, 1.807) is 23.1 Å². The van der Waals surface area contributed by atoms with Gasteiger partial charge in [-0.3, -0.25) is 19.2 Å². The SMILES string of the molecule is N=C(Cc1ccc(F)c(C(=O)N2CCN(C(=O)CN(C=O)CCOCCN)CC2)c1)c1ccccc1C(N)=O. The molecule has 0 saturated carbocycles. The molecule has 208 valence electrons. The first-order valence-electron chi connectivity index (χ1n) is 12.5. The highest BCUT2D eigenvalue weighted by Gasteiger charge is 2.27. The van der Waals surface area contributed by atoms with Crippen LogP contribution in [-0.2, 0) is 20.7 Å². The second-order valence-corrected chi connectivity index (χ2v) is 9.03. The average molecular weight is 541 g/mol. The Morgan fingerprint density at radius 1 is 1.00 bits per heavy atom. The molecule has 0 bridgehead atoms. The number of carbonyl (C=O) groups excluding carboxylic acids is 4. The van der Waals surface area contributed by atoms with E-state index >= 15 is 0 Å². The zero-order chi connectivity index (χ0) is 28.4. The van der Waals surface area contributed by atoms with Gasteiger partial charge in [0.1, 0.15) is 5.82 Å². The summed E-state index contributed by atoms with van der Waals surface area (Å²) in [6.07, 6.45) is 0.656. The van der Waals surface area contributed by atoms with E-state index in [0.717, 1.165) is 0 Å². The minimum Gasteiger partial charge on any atom is -0.378 e. The van der Waals surface area contributed by atoms with Gasteiger partial charge in [-0.05, 0) is 23.8 Å². The van der Waals surface area contributed by atoms with Gasteiger partial charge in [0, 0.05) is 62.5 Å². The lowest BCUT2D eigenvalue weighted by atomic mass is 9.96. The van der Waals surface area contributed by atoms with Crippen LogP contribution in [0.15, 0.2) is 42.5 Å². The van der Waals surface area contributed by atoms with Crippen molar-refractivity contribution >= 4 is 29.8 Å². The summed E-state index contributed by atoms with van der Waals surface area (Å²) in [5.74, 6) is -2.11. The molecule has 1 aliphatic rings. The average Bonchev–Trinajstić information content (AvgIpc) is 2.95. The Bertz CT molecular complexity index is 1210. The molecule has 0 atom stereocenters. The number of nitrogens with two attached hydrogens (primary N) is 2. The first-order valence-corrected chi connectivity index (χ1v) is 12.5. The van der Waals surface area contributed by atoms with Crippen molar-refractivity contribution in [1.82, 2.24) is 14.7 Å². The molecule has 2 aromatic carbocycles. The van der Waals surface area contributed by atoms with Crippen molar-refractivity contribution in [2.75, 3.05) is 59.0 Å². The summed E-state index contributed by atoms with van der Waals surface area (Å²) in [6, 6.07) is 10.6. The Labute approximate surface area is 226 Å². The van der Waals surface area contributed by atoms with Crippen molar-refractivity contribution in [3.05, 3.63) is 70.5 Å². The van der Waals surface area contributed by atoms with Crippen LogP contribution >= 0.6 is 0 Å². The lowest BCUT2D eigenvalue weighted by Crippen LogP contribution is -2.52. The van der Waals surface area contributed by atoms with Crippen LogP contribution < -0.4 is 11.5 Å². The summed E-state index contributed by atoms with van der Waals surface area (Å²) in [6.45, 7) is 2.06. The Balaban J connectivity index is 1.59. The van der Waals surface area contributed by atoms with E-state index in [-0.39, 0.29) is 75.0 Å². The van der Waals surface area contributed by atoms with E-state index in [1.807, 2.05) is 0 Å². The van der Waals surface area contributed by atoms with E-state index in [0.29, 0.717) is 30.7 Å². The molecule has 0 aromatic heterocycles. The lowest BCUT2D eigenvalue weighted by Gasteiger charge is -2.35. The Morgan fingerprint density at radius 2 is 1.67 bits per heavy atom. The topological polar surface area (TPSA) is 163 Å². The van der Waals surface area contributed by atoms with Gasteiger partial charge >= 0.3 is 0 Å². The van der Waals surface area contributed by atoms with Gasteiger partial charge in [-0.2, -0.15) is 0 Å². The molecule has 0 spiro atoms. The first-order chi connectivity index (χ1) is 18.7. The summed E-state index contributed by atoms with van der Waals surface area (Å²) >= 11 is 0. The molecule has 5 N–H and O–H groups in total. The number of primary amides is 1. The standard InChI is InChI=1S/C27H33FN6O5/c28-23-6-5-19(16-24(30)20-3-1-2-4-21(20)26(31)37)15-22(23)27(38)34-10-8-33(9-11-34)25(36)17-32(18-35)12-14-39-13-7-29/h1-6,15,18,30H,7-14,16-17,29H2,(H2,31,37). The van der Waals surface area contributed by atoms with E-state index in [4.69, 9.17) is 21.6 Å². The predicted molar refractivity (Wildman–Crippen MR) is 142 cm³/mol. The zero-order valence-corrected chi connectivity index (χ0v) is 21.6. The van der Waals surface area contributed by atoms with Gasteiger partial charge in [0.05, 0.1) is 25.3 Å². The monoisotopic (exact) mass is 540 g/mol. The maximum Gasteiger partial charge on any atom is 0.256 e. The predicted octanol–water partition coefficient (Wildman–Crippen LogP) is 0.253. The lowest BCUT2D eigenvalue weighted by molar-refractivity contribution is -0.137. The highest BCUT2D eigenvalue weighted by Crippen LogP contribution is 2.18. The van der Waals surface area contributed by atoms with Crippen molar-refractivity contribution in [2.45, 2.75) is 6.42 Å². The molecule has 0 radical (unpaired) electrons. The van der Waals surface area contributed by atoms with E-state index < -0.39 is 17.6 Å². The number of hydrogen-bond acceptors (Lipinski definition) is 7. The molecule has 0 aliphatic carbocycles. The number of ether oxygens (including phenoxy) is 1. The fourth-order valence-electron chi connectivity index (χ4n) is 4.25. The van der Waals surface area contributed by atoms with Gasteiger partial charge in [-0.25, -0.2) is 4.39 Å². The van der Waals surface area contributed by atoms with Gasteiger partial charge in [0.2, 0.25) is 18.2 Å². The summed E-state index contributed by atoms with van der Waals surface area (Å²) in [4.78, 5) is 53.1. The molecule has 2 aromatic rings. The van der Waals surface area contributed by atoms with Crippen LogP contribution in [0.2, 0.25) is 0 Å². The van der Waals surface area contributed by atoms with Crippen molar-refractivity contribution in [3.8, 4) is 0 Å². The third kappa shape index (κ3) is 7.91. The maximum absolute atomic E-state index is 14.7. The minimum absolute atomic E-state index is 0.0671. The fraction of sp³-hybridized carbons (Fsp3) is 0.370. The zero-order valence-electron chi connectivity index (χ0n) is 21.6. The normalized spacial score (nSPS) is 13.2. The molecule has 0 unspecified atom stereocenters. The first kappa shape index (κ1) is 29.4. The third-order valence-corrected chi connectivity index (χ3v) is 6.35. The van der Waals surface area contributed by atoms with Gasteiger partial charge < -0.3 is 36.3 Å². The van der Waals surface area contributed by atoms with Crippen LogP contribution in [0.4, 0.5) is 4.39 Å². The smallest absolute Gasteiger partial charge is 0.256 e. The van der Waals surface area contributed by atoms with Gasteiger partial charge in [-0.15, -0.1) is 0 Å². The molecule has 12 heteroatoms. The summed E-state index contributed by atoms with van der Waals surface area (Å²) in [5.41, 5.74) is 11.9. The van der Waals surface area contributed by atoms with Crippen LogP contribution in [0.5, 0.6) is 0 Å². The van der Waals surface area contributed by atoms with E-state index in [9.17, 15) is 23.6 Å². The molecule has 1 aliphatic heterocycles. The number of nitrogens with one attached hydrogen (secondary N) is 1. The molecule has 4 amide bonds. The number of benzene rings is 2. The van der Waals surface area contributed by atoms with Crippen molar-refractivity contribution in [2.24, 2.45) is 11.5 Å². The number of hydrogen-bond donors (Lipinski definition) is 3. The molecule has 1 fully saturated rings. The summed E-state index contributed by atoms with van der Waals surface area (Å²) < 4.78 is 19.9. The number of amides is 4. The van der Waals surface area contributed by atoms with Crippen molar-refractivity contribution in [1.29, 1.82) is 5.41 Å². The molecule has 3 rings (SSSR count). The van der Waals surface area contributed by atoms with Crippen LogP contribution in [0, 0.1) is 11.2 Å². The van der Waals surface area contributed by atoms with E-state index in [1.165, 1.54) is 34.1 Å². The molecule has 1 saturated heterocycles. The summed E-state index contributed by atoms with van der Waals surface area (Å²) in [7, 11) is 0. The molecule has 11 nitrogen and oxygen atoms in total. The van der Waals surface area contributed by atoms with Gasteiger partial charge in [-0.1, -0.05) is 24.3 Å². The molecular weight excluding hydrogens is 507 g/mol. The maximum atomic E-state index is 14.7. The van der Waals surface area contributed by atoms with Gasteiger partial charge in [0.15, 0.2) is 0 Å². The highest BCUT2D eigenvalue weighted by atomic mass is 19.1. The Morgan fingerprint density at radius 3 is 2.31 bits per heavy atom. The number of halogens is 1. The number of carbonyl (C=O) groups is 4. The number of rotatable bonds is 13. The minimum atomic E-state index is -0.690. The summed E-state index contributed by atoms with van der Waals surface area (Å²) in [5, 5.41) is 8.44. The molecule has 1 heterocycles. The molecule has 39 heavy (non-hydrogen) atoms. The number of nitrogens with zero attached hydrogens (tertiary/aromatic N) is 3. The Kier molecular flexibility index (Phi) is 10.6. The van der Waals surface area contributed by atoms with Crippen molar-refractivity contribution < 1.29 is 28.3 Å². The van der Waals surface area contributed by atoms with Crippen molar-refractivity contribution in [3.63, 3.8) is 0 Å². The molecular formula is C27H33FN6O5. The van der Waals surface area contributed by atoms with Crippen LogP contribution in [0.25, 0.3) is 0 Å². The Hall–Kier alpha value is -4.16. The third-order valence-electron chi connectivity index (χ3n) is 6.35. The van der Waals surface area contributed by atoms with E-state index in [2.05, 4.69) is 0 Å². The van der Waals surface area contributed by atoms with Crippen LogP contribution in [-0.4, -0.2) is 104 Å². The quantitative estimate of drug-likeness (QED) is 0.187. The van der Waals surface area contributed by atoms with Crippen LogP contribution in [0.3, 0.4) is 0 Å². The second kappa shape index (κ2) is 14.1.